The first-order valence-electron chi connectivity index (χ1n) is 9.26. The van der Waals surface area contributed by atoms with Crippen molar-refractivity contribution >= 4 is 40.5 Å². The first-order valence-corrected chi connectivity index (χ1v) is 10.8. The highest BCUT2D eigenvalue weighted by Crippen LogP contribution is 2.45. The van der Waals surface area contributed by atoms with E-state index in [1.165, 1.54) is 23.6 Å². The average Bonchev–Trinajstić information content (AvgIpc) is 3.16. The molecule has 0 spiro atoms. The summed E-state index contributed by atoms with van der Waals surface area (Å²) in [5.74, 6) is -0.410. The minimum absolute atomic E-state index is 0.346. The van der Waals surface area contributed by atoms with Crippen molar-refractivity contribution in [2.24, 2.45) is 0 Å². The second-order valence-electron chi connectivity index (χ2n) is 6.73. The maximum atomic E-state index is 12.4. The minimum Gasteiger partial charge on any atom is -0.492 e. The molecule has 0 saturated heterocycles. The Morgan fingerprint density at radius 1 is 1.26 bits per heavy atom. The number of hydrogen-bond donors (Lipinski definition) is 1. The first-order chi connectivity index (χ1) is 14.9. The fraction of sp³-hybridized carbons (Fsp3) is 0.238. The topological polar surface area (TPSA) is 87.0 Å². The van der Waals surface area contributed by atoms with Crippen LogP contribution in [0.2, 0.25) is 9.36 Å². The fourth-order valence-corrected chi connectivity index (χ4v) is 4.59. The molecular weight excluding hydrogens is 465 g/mol. The lowest BCUT2D eigenvalue weighted by Gasteiger charge is -2.31. The summed E-state index contributed by atoms with van der Waals surface area (Å²) >= 11 is 13.8. The lowest BCUT2D eigenvalue weighted by atomic mass is 10.1. The largest absolute Gasteiger partial charge is 0.492 e. The van der Waals surface area contributed by atoms with Gasteiger partial charge < -0.3 is 23.9 Å². The van der Waals surface area contributed by atoms with Gasteiger partial charge in [0, 0.05) is 44.0 Å². The number of nitrogens with zero attached hydrogens (tertiary/aromatic N) is 1. The zero-order chi connectivity index (χ0) is 22.1. The Kier molecular flexibility index (Phi) is 6.24. The van der Waals surface area contributed by atoms with Crippen LogP contribution in [0.3, 0.4) is 0 Å². The number of thiophene rings is 1. The molecule has 0 radical (unpaired) electrons. The van der Waals surface area contributed by atoms with Gasteiger partial charge in [-0.25, -0.2) is 4.79 Å². The van der Waals surface area contributed by atoms with E-state index in [0.717, 1.165) is 4.88 Å². The van der Waals surface area contributed by atoms with E-state index in [1.807, 2.05) is 0 Å². The molecule has 3 heterocycles. The quantitative estimate of drug-likeness (QED) is 0.481. The zero-order valence-electron chi connectivity index (χ0n) is 16.3. The maximum Gasteiger partial charge on any atom is 0.341 e. The van der Waals surface area contributed by atoms with E-state index in [1.54, 1.807) is 35.9 Å². The molecule has 1 aromatic carbocycles. The molecule has 0 saturated carbocycles. The van der Waals surface area contributed by atoms with Gasteiger partial charge in [-0.3, -0.25) is 4.79 Å². The van der Waals surface area contributed by atoms with Crippen molar-refractivity contribution in [3.8, 4) is 22.8 Å². The highest BCUT2D eigenvalue weighted by atomic mass is 35.5. The number of methoxy groups -OCH3 is 1. The summed E-state index contributed by atoms with van der Waals surface area (Å²) in [5.41, 5.74) is 0.0824. The number of ether oxygens (including phenoxy) is 3. The minimum atomic E-state index is -1.31. The number of aromatic carboxylic acids is 1. The summed E-state index contributed by atoms with van der Waals surface area (Å²) < 4.78 is 19.1. The molecule has 3 aromatic rings. The van der Waals surface area contributed by atoms with E-state index in [9.17, 15) is 14.7 Å². The predicted molar refractivity (Wildman–Crippen MR) is 118 cm³/mol. The van der Waals surface area contributed by atoms with Gasteiger partial charge in [0.2, 0.25) is 6.23 Å². The Bertz CT molecular complexity index is 1210. The van der Waals surface area contributed by atoms with Crippen molar-refractivity contribution in [1.82, 2.24) is 4.57 Å². The molecule has 4 rings (SSSR count). The van der Waals surface area contributed by atoms with E-state index in [2.05, 4.69) is 0 Å². The molecule has 7 nitrogen and oxygen atoms in total. The van der Waals surface area contributed by atoms with E-state index in [0.29, 0.717) is 51.7 Å². The van der Waals surface area contributed by atoms with Crippen molar-refractivity contribution < 1.29 is 24.1 Å². The molecule has 162 valence electrons. The van der Waals surface area contributed by atoms with Gasteiger partial charge in [-0.1, -0.05) is 23.2 Å². The highest BCUT2D eigenvalue weighted by Gasteiger charge is 2.30. The normalized spacial score (nSPS) is 14.5. The van der Waals surface area contributed by atoms with Gasteiger partial charge in [0.05, 0.1) is 26.5 Å². The number of halogens is 2. The second kappa shape index (κ2) is 8.92. The van der Waals surface area contributed by atoms with Crippen LogP contribution in [0, 0.1) is 0 Å². The van der Waals surface area contributed by atoms with Crippen LogP contribution in [0.5, 0.6) is 11.5 Å². The number of aromatic nitrogens is 1. The van der Waals surface area contributed by atoms with Crippen molar-refractivity contribution in [3.05, 3.63) is 66.6 Å². The molecule has 10 heteroatoms. The lowest BCUT2D eigenvalue weighted by Crippen LogP contribution is -2.27. The summed E-state index contributed by atoms with van der Waals surface area (Å²) in [4.78, 5) is 24.7. The zero-order valence-corrected chi connectivity index (χ0v) is 18.6. The molecule has 0 aliphatic carbocycles. The molecule has 1 N–H and O–H groups in total. The molecular formula is C21H17Cl2NO6S. The Hall–Kier alpha value is -2.52. The molecule has 0 fully saturated rings. The predicted octanol–water partition coefficient (Wildman–Crippen LogP) is 4.94. The summed E-state index contributed by atoms with van der Waals surface area (Å²) in [6.07, 6.45) is 1.27. The Labute approximate surface area is 191 Å². The Morgan fingerprint density at radius 3 is 2.74 bits per heavy atom. The van der Waals surface area contributed by atoms with E-state index in [4.69, 9.17) is 37.4 Å². The molecule has 0 amide bonds. The number of hydrogen-bond acceptors (Lipinski definition) is 6. The average molecular weight is 482 g/mol. The number of pyridine rings is 1. The fourth-order valence-electron chi connectivity index (χ4n) is 3.28. The molecule has 31 heavy (non-hydrogen) atoms. The third-order valence-electron chi connectivity index (χ3n) is 4.70. The molecule has 1 atom stereocenters. The van der Waals surface area contributed by atoms with Gasteiger partial charge in [0.1, 0.15) is 17.1 Å². The number of fused-ring (bicyclic) bond motifs is 3. The van der Waals surface area contributed by atoms with Crippen LogP contribution in [0.15, 0.2) is 41.3 Å². The molecule has 1 aliphatic rings. The van der Waals surface area contributed by atoms with Crippen LogP contribution >= 0.6 is 34.5 Å². The van der Waals surface area contributed by atoms with Gasteiger partial charge in [-0.15, -0.1) is 11.3 Å². The van der Waals surface area contributed by atoms with Crippen LogP contribution in [-0.4, -0.2) is 36.0 Å². The van der Waals surface area contributed by atoms with Crippen molar-refractivity contribution in [2.45, 2.75) is 12.6 Å². The van der Waals surface area contributed by atoms with Crippen LogP contribution in [-0.2, 0) is 4.74 Å². The Morgan fingerprint density at radius 2 is 2.06 bits per heavy atom. The van der Waals surface area contributed by atoms with E-state index < -0.39 is 17.6 Å². The maximum absolute atomic E-state index is 12.4. The number of rotatable bonds is 7. The lowest BCUT2D eigenvalue weighted by molar-refractivity contribution is 0.0693. The summed E-state index contributed by atoms with van der Waals surface area (Å²) in [6.45, 7) is 0.969. The van der Waals surface area contributed by atoms with Crippen LogP contribution in [0.4, 0.5) is 0 Å². The van der Waals surface area contributed by atoms with Crippen molar-refractivity contribution in [3.63, 3.8) is 0 Å². The third-order valence-corrected chi connectivity index (χ3v) is 6.26. The van der Waals surface area contributed by atoms with E-state index >= 15 is 0 Å². The number of carbonyl (C=O) groups is 1. The molecule has 1 aliphatic heterocycles. The molecule has 0 unspecified atom stereocenters. The third kappa shape index (κ3) is 4.29. The number of benzene rings is 1. The first kappa shape index (κ1) is 21.7. The Balaban J connectivity index is 1.83. The van der Waals surface area contributed by atoms with Crippen molar-refractivity contribution in [1.29, 1.82) is 0 Å². The van der Waals surface area contributed by atoms with Crippen LogP contribution in [0.1, 0.15) is 27.9 Å². The SMILES string of the molecule is COCCCOc1cc2c(cc1Cl)-c1cc(=O)c(C(=O)O)cn1[C@H](c1ccc(Cl)s1)O2. The number of carboxylic acid groups (broad SMARTS) is 1. The second-order valence-corrected chi connectivity index (χ2v) is 8.89. The van der Waals surface area contributed by atoms with E-state index in [-0.39, 0.29) is 5.56 Å². The van der Waals surface area contributed by atoms with Gasteiger partial charge in [0.15, 0.2) is 5.43 Å². The summed E-state index contributed by atoms with van der Waals surface area (Å²) in [7, 11) is 1.62. The van der Waals surface area contributed by atoms with Crippen LogP contribution in [0.25, 0.3) is 11.3 Å². The van der Waals surface area contributed by atoms with Gasteiger partial charge >= 0.3 is 5.97 Å². The van der Waals surface area contributed by atoms with Crippen LogP contribution < -0.4 is 14.9 Å². The summed E-state index contributed by atoms with van der Waals surface area (Å²) in [5, 5.41) is 9.75. The monoisotopic (exact) mass is 481 g/mol. The summed E-state index contributed by atoms with van der Waals surface area (Å²) in [6, 6.07) is 8.12. The molecule has 0 bridgehead atoms. The molecule has 2 aromatic heterocycles. The van der Waals surface area contributed by atoms with Crippen molar-refractivity contribution in [2.75, 3.05) is 20.3 Å². The van der Waals surface area contributed by atoms with Gasteiger partial charge in [-0.05, 0) is 18.2 Å². The smallest absolute Gasteiger partial charge is 0.341 e. The van der Waals surface area contributed by atoms with Gasteiger partial charge in [-0.2, -0.15) is 0 Å². The van der Waals surface area contributed by atoms with Gasteiger partial charge in [0.25, 0.3) is 0 Å². The standard InChI is InChI=1S/C21H17Cl2NO6S/c1-28-5-2-6-29-17-9-16-11(7-13(17)22)14-8-15(25)12(21(26)27)10-24(14)20(30-16)18-3-4-19(23)31-18/h3-4,7-10,20H,2,5-6H2,1H3,(H,26,27)/t20-/m0/s1. The highest BCUT2D eigenvalue weighted by molar-refractivity contribution is 7.16. The number of carboxylic acids is 1.